The van der Waals surface area contributed by atoms with E-state index in [2.05, 4.69) is 16.6 Å². The largest absolute Gasteiger partial charge is 0.462 e. The lowest BCUT2D eigenvalue weighted by atomic mass is 9.97. The van der Waals surface area contributed by atoms with Crippen molar-refractivity contribution in [3.8, 4) is 18.1 Å². The number of carbonyl (C=O) groups is 1. The summed E-state index contributed by atoms with van der Waals surface area (Å²) in [6, 6.07) is 6.51. The molecule has 0 amide bonds. The Bertz CT molecular complexity index is 933. The van der Waals surface area contributed by atoms with Gasteiger partial charge in [0.25, 0.3) is 0 Å². The number of sulfone groups is 1. The van der Waals surface area contributed by atoms with E-state index in [4.69, 9.17) is 28.1 Å². The van der Waals surface area contributed by atoms with Gasteiger partial charge in [0.1, 0.15) is 24.1 Å². The van der Waals surface area contributed by atoms with Gasteiger partial charge in [-0.2, -0.15) is 0 Å². The molecule has 0 saturated carbocycles. The fourth-order valence-electron chi connectivity index (χ4n) is 3.06. The van der Waals surface area contributed by atoms with Crippen LogP contribution in [0.3, 0.4) is 0 Å². The zero-order valence-electron chi connectivity index (χ0n) is 17.8. The molecule has 1 aliphatic rings. The first-order chi connectivity index (χ1) is 15.7. The fraction of sp³-hybridized carbons (Fsp3) is 0.524. The highest BCUT2D eigenvalue weighted by molar-refractivity contribution is 8.04. The third kappa shape index (κ3) is 8.54. The number of benzene rings is 1. The van der Waals surface area contributed by atoms with Crippen molar-refractivity contribution in [2.75, 3.05) is 17.6 Å². The molecule has 0 aliphatic carbocycles. The van der Waals surface area contributed by atoms with Crippen LogP contribution in [-0.4, -0.2) is 77.5 Å². The number of thiocarbonyl (C=S) groups is 1. The Balaban J connectivity index is 1.91. The molecule has 0 unspecified atom stereocenters. The Morgan fingerprint density at radius 3 is 2.52 bits per heavy atom. The first-order valence-corrected chi connectivity index (χ1v) is 12.4. The van der Waals surface area contributed by atoms with Gasteiger partial charge in [-0.15, -0.1) is 12.3 Å². The van der Waals surface area contributed by atoms with Crippen molar-refractivity contribution < 1.29 is 38.0 Å². The van der Waals surface area contributed by atoms with Crippen molar-refractivity contribution in [2.24, 2.45) is 0 Å². The molecule has 33 heavy (non-hydrogen) atoms. The highest BCUT2D eigenvalue weighted by Crippen LogP contribution is 2.27. The average Bonchev–Trinajstić information content (AvgIpc) is 2.79. The molecule has 2 rings (SSSR count). The SMILES string of the molecule is C#CCCCCNC(=S)Nc1ccc(O[C@H]2O[C@H](CCS(=O)(=O)C=O)[C@@H](O)[C@H](O)[C@@H]2O)cc1. The Morgan fingerprint density at radius 1 is 1.18 bits per heavy atom. The molecular formula is C21H28N2O8S2. The first kappa shape index (κ1) is 27.0. The van der Waals surface area contributed by atoms with Crippen molar-refractivity contribution in [3.05, 3.63) is 24.3 Å². The van der Waals surface area contributed by atoms with Crippen molar-refractivity contribution in [3.63, 3.8) is 0 Å². The van der Waals surface area contributed by atoms with E-state index in [1.807, 2.05) is 0 Å². The molecule has 10 nitrogen and oxygen atoms in total. The van der Waals surface area contributed by atoms with E-state index < -0.39 is 46.3 Å². The molecule has 0 radical (unpaired) electrons. The number of unbranched alkanes of at least 4 members (excludes halogenated alkanes) is 2. The summed E-state index contributed by atoms with van der Waals surface area (Å²) in [5.74, 6) is 2.29. The van der Waals surface area contributed by atoms with E-state index in [1.165, 1.54) is 0 Å². The molecule has 5 atom stereocenters. The topological polar surface area (TPSA) is 154 Å². The lowest BCUT2D eigenvalue weighted by Crippen LogP contribution is -2.59. The Labute approximate surface area is 198 Å². The van der Waals surface area contributed by atoms with Crippen molar-refractivity contribution >= 4 is 38.5 Å². The lowest BCUT2D eigenvalue weighted by Gasteiger charge is -2.40. The predicted molar refractivity (Wildman–Crippen MR) is 126 cm³/mol. The highest BCUT2D eigenvalue weighted by atomic mass is 32.2. The normalized spacial score (nSPS) is 25.0. The molecule has 0 spiro atoms. The molecule has 1 aliphatic heterocycles. The number of rotatable bonds is 11. The van der Waals surface area contributed by atoms with Crippen LogP contribution >= 0.6 is 12.2 Å². The summed E-state index contributed by atoms with van der Waals surface area (Å²) in [5, 5.41) is 36.9. The van der Waals surface area contributed by atoms with E-state index in [1.54, 1.807) is 24.3 Å². The van der Waals surface area contributed by atoms with Crippen LogP contribution in [0.4, 0.5) is 5.69 Å². The Hall–Kier alpha value is -2.27. The molecule has 182 valence electrons. The van der Waals surface area contributed by atoms with Crippen molar-refractivity contribution in [1.29, 1.82) is 0 Å². The maximum atomic E-state index is 11.4. The summed E-state index contributed by atoms with van der Waals surface area (Å²) in [5.41, 5.74) is 0.499. The van der Waals surface area contributed by atoms with E-state index in [0.29, 0.717) is 23.1 Å². The van der Waals surface area contributed by atoms with Gasteiger partial charge in [0, 0.05) is 18.7 Å². The molecule has 1 fully saturated rings. The number of anilines is 1. The number of aliphatic hydroxyl groups excluding tert-OH is 3. The van der Waals surface area contributed by atoms with Crippen LogP contribution in [0.5, 0.6) is 5.75 Å². The van der Waals surface area contributed by atoms with E-state index >= 15 is 0 Å². The summed E-state index contributed by atoms with van der Waals surface area (Å²) in [4.78, 5) is 10.6. The number of carbonyl (C=O) groups excluding carboxylic acids is 1. The van der Waals surface area contributed by atoms with Gasteiger partial charge in [-0.05, 0) is 55.7 Å². The molecule has 1 heterocycles. The van der Waals surface area contributed by atoms with Crippen LogP contribution in [0.25, 0.3) is 0 Å². The van der Waals surface area contributed by atoms with Crippen LogP contribution in [0.2, 0.25) is 0 Å². The monoisotopic (exact) mass is 500 g/mol. The van der Waals surface area contributed by atoms with Crippen molar-refractivity contribution in [2.45, 2.75) is 56.4 Å². The number of terminal acetylenes is 1. The molecule has 0 bridgehead atoms. The van der Waals surface area contributed by atoms with Gasteiger partial charge < -0.3 is 35.4 Å². The molecule has 1 saturated heterocycles. The molecule has 1 aromatic rings. The van der Waals surface area contributed by atoms with Gasteiger partial charge >= 0.3 is 0 Å². The third-order valence-electron chi connectivity index (χ3n) is 4.90. The van der Waals surface area contributed by atoms with E-state index in [0.717, 1.165) is 19.3 Å². The number of ether oxygens (including phenoxy) is 2. The quantitative estimate of drug-likeness (QED) is 0.120. The summed E-state index contributed by atoms with van der Waals surface area (Å²) in [6.07, 6.45) is 0.190. The second-order valence-corrected chi connectivity index (χ2v) is 9.79. The van der Waals surface area contributed by atoms with E-state index in [9.17, 15) is 28.5 Å². The van der Waals surface area contributed by atoms with E-state index in [-0.39, 0.29) is 12.0 Å². The van der Waals surface area contributed by atoms with Crippen molar-refractivity contribution in [1.82, 2.24) is 5.32 Å². The van der Waals surface area contributed by atoms with Crippen LogP contribution < -0.4 is 15.4 Å². The van der Waals surface area contributed by atoms with Crippen LogP contribution in [0.15, 0.2) is 24.3 Å². The van der Waals surface area contributed by atoms with Gasteiger partial charge in [0.2, 0.25) is 21.7 Å². The maximum absolute atomic E-state index is 11.4. The molecule has 0 aromatic heterocycles. The fourth-order valence-corrected chi connectivity index (χ4v) is 3.94. The Morgan fingerprint density at radius 2 is 1.88 bits per heavy atom. The summed E-state index contributed by atoms with van der Waals surface area (Å²) < 4.78 is 33.9. The zero-order chi connectivity index (χ0) is 24.4. The summed E-state index contributed by atoms with van der Waals surface area (Å²) in [7, 11) is -3.96. The number of hydrogen-bond donors (Lipinski definition) is 5. The first-order valence-electron chi connectivity index (χ1n) is 10.3. The number of hydrogen-bond acceptors (Lipinski definition) is 9. The standard InChI is InChI=1S/C21H28N2O8S2/c1-2-3-4-5-11-22-21(32)23-14-6-8-15(9-7-14)30-20-19(27)18(26)17(25)16(31-20)10-12-33(28,29)13-24/h1,6-9,13,16-20,25-27H,3-5,10-12H2,(H2,22,23,32)/t16-,17-,18+,19+,20+/m1/s1. The second kappa shape index (κ2) is 12.8. The number of nitrogens with one attached hydrogen (secondary N) is 2. The second-order valence-electron chi connectivity index (χ2n) is 7.45. The van der Waals surface area contributed by atoms with Gasteiger partial charge in [0.15, 0.2) is 5.11 Å². The van der Waals surface area contributed by atoms with Gasteiger partial charge in [-0.25, -0.2) is 8.42 Å². The number of aliphatic hydroxyl groups is 3. The molecule has 12 heteroatoms. The summed E-state index contributed by atoms with van der Waals surface area (Å²) in [6.45, 7) is 0.690. The van der Waals surface area contributed by atoms with Crippen LogP contribution in [0, 0.1) is 12.3 Å². The van der Waals surface area contributed by atoms with Gasteiger partial charge in [-0.3, -0.25) is 4.79 Å². The van der Waals surface area contributed by atoms with Gasteiger partial charge in [-0.1, -0.05) is 0 Å². The highest BCUT2D eigenvalue weighted by Gasteiger charge is 2.45. The Kier molecular flexibility index (Phi) is 10.5. The lowest BCUT2D eigenvalue weighted by molar-refractivity contribution is -0.272. The minimum absolute atomic E-state index is 0.183. The summed E-state index contributed by atoms with van der Waals surface area (Å²) >= 11 is 5.23. The zero-order valence-corrected chi connectivity index (χ0v) is 19.4. The molecule has 1 aromatic carbocycles. The van der Waals surface area contributed by atoms with Crippen LogP contribution in [0.1, 0.15) is 25.7 Å². The van der Waals surface area contributed by atoms with Crippen LogP contribution in [-0.2, 0) is 19.4 Å². The average molecular weight is 501 g/mol. The maximum Gasteiger partial charge on any atom is 0.234 e. The molecular weight excluding hydrogens is 472 g/mol. The molecule has 5 N–H and O–H groups in total. The third-order valence-corrected chi connectivity index (χ3v) is 6.24. The van der Waals surface area contributed by atoms with Gasteiger partial charge in [0.05, 0.1) is 11.9 Å². The smallest absolute Gasteiger partial charge is 0.234 e. The minimum atomic E-state index is -3.96. The minimum Gasteiger partial charge on any atom is -0.462 e. The predicted octanol–water partition coefficient (Wildman–Crippen LogP) is -0.0420.